The average molecular weight is 157 g/mol. The van der Waals surface area contributed by atoms with Crippen molar-refractivity contribution in [1.29, 1.82) is 0 Å². The molecule has 0 fully saturated rings. The summed E-state index contributed by atoms with van der Waals surface area (Å²) in [4.78, 5) is 5.08. The zero-order valence-corrected chi connectivity index (χ0v) is 8.22. The van der Waals surface area contributed by atoms with Crippen molar-refractivity contribution in [3.05, 3.63) is 0 Å². The Hall–Kier alpha value is -0.530. The van der Waals surface area contributed by atoms with E-state index in [4.69, 9.17) is 4.84 Å². The van der Waals surface area contributed by atoms with Gasteiger partial charge in [-0.2, -0.15) is 0 Å². The molecule has 0 unspecified atom stereocenters. The molecule has 2 nitrogen and oxygen atoms in total. The van der Waals surface area contributed by atoms with Crippen molar-refractivity contribution in [2.45, 2.75) is 34.6 Å². The van der Waals surface area contributed by atoms with Gasteiger partial charge in [-0.15, -0.1) is 0 Å². The van der Waals surface area contributed by atoms with Crippen LogP contribution in [0, 0.1) is 11.3 Å². The summed E-state index contributed by atoms with van der Waals surface area (Å²) >= 11 is 0. The van der Waals surface area contributed by atoms with E-state index in [0.29, 0.717) is 12.5 Å². The lowest BCUT2D eigenvalue weighted by molar-refractivity contribution is 0.0774. The average Bonchev–Trinajstić information content (AvgIpc) is 1.78. The molecular formula is C9H19NO. The molecule has 0 bridgehead atoms. The minimum absolute atomic E-state index is 0.203. The van der Waals surface area contributed by atoms with Gasteiger partial charge in [-0.05, 0) is 11.3 Å². The van der Waals surface area contributed by atoms with Crippen LogP contribution < -0.4 is 0 Å². The molecule has 0 aromatic rings. The van der Waals surface area contributed by atoms with E-state index in [1.54, 1.807) is 0 Å². The third kappa shape index (κ3) is 9.47. The van der Waals surface area contributed by atoms with Crippen LogP contribution in [0.1, 0.15) is 34.6 Å². The SMILES string of the molecule is CC(C)/C=N/OCC(C)(C)C. The summed E-state index contributed by atoms with van der Waals surface area (Å²) in [5.41, 5.74) is 0.203. The molecule has 0 atom stereocenters. The van der Waals surface area contributed by atoms with Crippen LogP contribution in [-0.2, 0) is 4.84 Å². The molecule has 0 aliphatic heterocycles. The van der Waals surface area contributed by atoms with Crippen LogP contribution in [-0.4, -0.2) is 12.8 Å². The lowest BCUT2D eigenvalue weighted by atomic mass is 9.99. The maximum Gasteiger partial charge on any atom is 0.122 e. The first kappa shape index (κ1) is 10.5. The molecular weight excluding hydrogens is 138 g/mol. The molecule has 0 aromatic carbocycles. The fourth-order valence-electron chi connectivity index (χ4n) is 0.396. The van der Waals surface area contributed by atoms with Gasteiger partial charge in [0, 0.05) is 6.21 Å². The van der Waals surface area contributed by atoms with Crippen molar-refractivity contribution >= 4 is 6.21 Å². The van der Waals surface area contributed by atoms with E-state index < -0.39 is 0 Å². The second-order valence-corrected chi connectivity index (χ2v) is 4.33. The molecule has 2 heteroatoms. The van der Waals surface area contributed by atoms with Crippen LogP contribution in [0.5, 0.6) is 0 Å². The lowest BCUT2D eigenvalue weighted by Gasteiger charge is -2.15. The Morgan fingerprint density at radius 3 is 2.27 bits per heavy atom. The third-order valence-corrected chi connectivity index (χ3v) is 0.931. The highest BCUT2D eigenvalue weighted by molar-refractivity contribution is 5.58. The van der Waals surface area contributed by atoms with Gasteiger partial charge in [-0.25, -0.2) is 0 Å². The van der Waals surface area contributed by atoms with Gasteiger partial charge in [0.05, 0.1) is 0 Å². The molecule has 0 heterocycles. The molecule has 0 saturated carbocycles. The maximum atomic E-state index is 5.08. The molecule has 0 aromatic heterocycles. The Labute approximate surface area is 69.6 Å². The molecule has 0 amide bonds. The van der Waals surface area contributed by atoms with Gasteiger partial charge >= 0.3 is 0 Å². The quantitative estimate of drug-likeness (QED) is 0.456. The van der Waals surface area contributed by atoms with Crippen LogP contribution in [0.15, 0.2) is 5.16 Å². The number of oxime groups is 1. The second-order valence-electron chi connectivity index (χ2n) is 4.33. The van der Waals surface area contributed by atoms with Gasteiger partial charge in [0.1, 0.15) is 6.61 Å². The van der Waals surface area contributed by atoms with Gasteiger partial charge in [0.2, 0.25) is 0 Å². The summed E-state index contributed by atoms with van der Waals surface area (Å²) in [6.45, 7) is 11.2. The number of hydrogen-bond donors (Lipinski definition) is 0. The standard InChI is InChI=1S/C9H19NO/c1-8(2)6-10-11-7-9(3,4)5/h6,8H,7H2,1-5H3/b10-6+. The maximum absolute atomic E-state index is 5.08. The van der Waals surface area contributed by atoms with Gasteiger partial charge in [-0.1, -0.05) is 39.8 Å². The summed E-state index contributed by atoms with van der Waals surface area (Å²) in [7, 11) is 0. The topological polar surface area (TPSA) is 21.6 Å². The lowest BCUT2D eigenvalue weighted by Crippen LogP contribution is -2.12. The van der Waals surface area contributed by atoms with Crippen molar-refractivity contribution in [2.24, 2.45) is 16.5 Å². The van der Waals surface area contributed by atoms with Crippen LogP contribution in [0.4, 0.5) is 0 Å². The largest absolute Gasteiger partial charge is 0.396 e. The van der Waals surface area contributed by atoms with E-state index in [0.717, 1.165) is 0 Å². The van der Waals surface area contributed by atoms with Gasteiger partial charge < -0.3 is 4.84 Å². The zero-order valence-electron chi connectivity index (χ0n) is 8.22. The van der Waals surface area contributed by atoms with E-state index in [1.807, 2.05) is 6.21 Å². The van der Waals surface area contributed by atoms with Crippen LogP contribution in [0.25, 0.3) is 0 Å². The number of hydrogen-bond acceptors (Lipinski definition) is 2. The normalized spacial score (nSPS) is 12.9. The van der Waals surface area contributed by atoms with Crippen molar-refractivity contribution in [3.8, 4) is 0 Å². The second kappa shape index (κ2) is 4.37. The fraction of sp³-hybridized carbons (Fsp3) is 0.889. The zero-order chi connectivity index (χ0) is 8.91. The summed E-state index contributed by atoms with van der Waals surface area (Å²) in [5, 5.41) is 3.83. The summed E-state index contributed by atoms with van der Waals surface area (Å²) < 4.78 is 0. The summed E-state index contributed by atoms with van der Waals surface area (Å²) in [6, 6.07) is 0. The fourth-order valence-corrected chi connectivity index (χ4v) is 0.396. The smallest absolute Gasteiger partial charge is 0.122 e. The van der Waals surface area contributed by atoms with Crippen LogP contribution in [0.2, 0.25) is 0 Å². The molecule has 0 radical (unpaired) electrons. The Morgan fingerprint density at radius 1 is 1.36 bits per heavy atom. The monoisotopic (exact) mass is 157 g/mol. The number of nitrogens with zero attached hydrogens (tertiary/aromatic N) is 1. The highest BCUT2D eigenvalue weighted by Crippen LogP contribution is 2.12. The van der Waals surface area contributed by atoms with Crippen molar-refractivity contribution < 1.29 is 4.84 Å². The van der Waals surface area contributed by atoms with Crippen molar-refractivity contribution in [2.75, 3.05) is 6.61 Å². The van der Waals surface area contributed by atoms with E-state index >= 15 is 0 Å². The molecule has 0 rings (SSSR count). The highest BCUT2D eigenvalue weighted by Gasteiger charge is 2.09. The Kier molecular flexibility index (Phi) is 4.16. The summed E-state index contributed by atoms with van der Waals surface area (Å²) in [5.74, 6) is 0.468. The molecule has 11 heavy (non-hydrogen) atoms. The molecule has 0 N–H and O–H groups in total. The predicted octanol–water partition coefficient (Wildman–Crippen LogP) is 2.69. The third-order valence-electron chi connectivity index (χ3n) is 0.931. The minimum Gasteiger partial charge on any atom is -0.396 e. The van der Waals surface area contributed by atoms with Gasteiger partial charge in [0.15, 0.2) is 0 Å². The van der Waals surface area contributed by atoms with Gasteiger partial charge in [0.25, 0.3) is 0 Å². The molecule has 0 aliphatic rings. The molecule has 0 aliphatic carbocycles. The van der Waals surface area contributed by atoms with Crippen molar-refractivity contribution in [1.82, 2.24) is 0 Å². The van der Waals surface area contributed by atoms with E-state index in [1.165, 1.54) is 0 Å². The highest BCUT2D eigenvalue weighted by atomic mass is 16.6. The van der Waals surface area contributed by atoms with Gasteiger partial charge in [-0.3, -0.25) is 0 Å². The van der Waals surface area contributed by atoms with E-state index in [9.17, 15) is 0 Å². The van der Waals surface area contributed by atoms with E-state index in [2.05, 4.69) is 39.8 Å². The van der Waals surface area contributed by atoms with Crippen LogP contribution >= 0.6 is 0 Å². The predicted molar refractivity (Wildman–Crippen MR) is 48.7 cm³/mol. The molecule has 66 valence electrons. The first-order valence-electron chi connectivity index (χ1n) is 4.07. The summed E-state index contributed by atoms with van der Waals surface area (Å²) in [6.07, 6.45) is 1.81. The Bertz CT molecular complexity index is 122. The Morgan fingerprint density at radius 2 is 1.91 bits per heavy atom. The first-order valence-corrected chi connectivity index (χ1v) is 4.07. The van der Waals surface area contributed by atoms with Crippen molar-refractivity contribution in [3.63, 3.8) is 0 Å². The minimum atomic E-state index is 0.203. The molecule has 0 saturated heterocycles. The first-order chi connectivity index (χ1) is 4.92. The molecule has 0 spiro atoms. The van der Waals surface area contributed by atoms with E-state index in [-0.39, 0.29) is 5.41 Å². The number of rotatable bonds is 3. The van der Waals surface area contributed by atoms with Crippen LogP contribution in [0.3, 0.4) is 0 Å². The Balaban J connectivity index is 3.42.